The second-order valence-corrected chi connectivity index (χ2v) is 9.16. The molecular weight excluding hydrogens is 438 g/mol. The average molecular weight is 468 g/mol. The van der Waals surface area contributed by atoms with Gasteiger partial charge in [-0.1, -0.05) is 32.0 Å². The average Bonchev–Trinajstić information content (AvgIpc) is 2.83. The van der Waals surface area contributed by atoms with Crippen LogP contribution in [0.2, 0.25) is 0 Å². The molecule has 0 aliphatic heterocycles. The van der Waals surface area contributed by atoms with Crippen molar-refractivity contribution in [1.29, 1.82) is 0 Å². The van der Waals surface area contributed by atoms with Crippen molar-refractivity contribution in [2.24, 2.45) is 0 Å². The number of nitrogens with zero attached hydrogens (tertiary/aromatic N) is 1. The first-order valence-corrected chi connectivity index (χ1v) is 12.2. The van der Waals surface area contributed by atoms with Crippen LogP contribution in [0.15, 0.2) is 77.7 Å². The minimum absolute atomic E-state index is 0.00116. The van der Waals surface area contributed by atoms with Crippen LogP contribution in [0, 0.1) is 0 Å². The third-order valence-corrected chi connectivity index (χ3v) is 6.61. The molecule has 0 aliphatic rings. The summed E-state index contributed by atoms with van der Waals surface area (Å²) in [5.74, 6) is 0.245. The summed E-state index contributed by atoms with van der Waals surface area (Å²) in [5.41, 5.74) is 2.41. The van der Waals surface area contributed by atoms with E-state index in [2.05, 4.69) is 28.8 Å². The Labute approximate surface area is 195 Å². The molecule has 1 amide bonds. The zero-order valence-electron chi connectivity index (χ0n) is 19.0. The minimum atomic E-state index is -3.86. The number of benzene rings is 3. The van der Waals surface area contributed by atoms with E-state index in [4.69, 9.17) is 4.74 Å². The van der Waals surface area contributed by atoms with E-state index < -0.39 is 10.0 Å². The quantitative estimate of drug-likeness (QED) is 0.455. The van der Waals surface area contributed by atoms with Gasteiger partial charge in [0.05, 0.1) is 12.0 Å². The minimum Gasteiger partial charge on any atom is -0.497 e. The van der Waals surface area contributed by atoms with Crippen LogP contribution >= 0.6 is 0 Å². The monoisotopic (exact) mass is 467 g/mol. The van der Waals surface area contributed by atoms with Gasteiger partial charge in [-0.3, -0.25) is 14.4 Å². The SMILES string of the molecule is CCN(CC)Cc1cccc(NC(=O)c2cccc(S(=O)(=O)Nc3ccc(OC)cc3)c2)c1. The molecule has 174 valence electrons. The van der Waals surface area contributed by atoms with E-state index in [1.165, 1.54) is 19.2 Å². The number of hydrogen-bond donors (Lipinski definition) is 2. The largest absolute Gasteiger partial charge is 0.497 e. The van der Waals surface area contributed by atoms with Gasteiger partial charge in [-0.25, -0.2) is 8.42 Å². The Hall–Kier alpha value is -3.36. The number of carbonyl (C=O) groups excluding carboxylic acids is 1. The van der Waals surface area contributed by atoms with Gasteiger partial charge in [0, 0.05) is 23.5 Å². The fourth-order valence-electron chi connectivity index (χ4n) is 3.33. The molecule has 2 N–H and O–H groups in total. The lowest BCUT2D eigenvalue weighted by Gasteiger charge is -2.18. The van der Waals surface area contributed by atoms with E-state index in [0.29, 0.717) is 17.1 Å². The van der Waals surface area contributed by atoms with E-state index in [0.717, 1.165) is 25.2 Å². The van der Waals surface area contributed by atoms with Gasteiger partial charge < -0.3 is 10.1 Å². The first kappa shape index (κ1) is 24.3. The lowest BCUT2D eigenvalue weighted by Crippen LogP contribution is -2.22. The van der Waals surface area contributed by atoms with Crippen molar-refractivity contribution in [3.63, 3.8) is 0 Å². The smallest absolute Gasteiger partial charge is 0.261 e. The van der Waals surface area contributed by atoms with Crippen molar-refractivity contribution in [2.45, 2.75) is 25.3 Å². The molecule has 0 heterocycles. The van der Waals surface area contributed by atoms with Crippen LogP contribution in [-0.4, -0.2) is 39.4 Å². The molecule has 0 spiro atoms. The van der Waals surface area contributed by atoms with Crippen LogP contribution in [0.4, 0.5) is 11.4 Å². The summed E-state index contributed by atoms with van der Waals surface area (Å²) in [5, 5.41) is 2.86. The van der Waals surface area contributed by atoms with Crippen molar-refractivity contribution >= 4 is 27.3 Å². The highest BCUT2D eigenvalue weighted by molar-refractivity contribution is 7.92. The van der Waals surface area contributed by atoms with E-state index in [1.807, 2.05) is 24.3 Å². The number of rotatable bonds is 10. The maximum absolute atomic E-state index is 12.8. The molecular formula is C25H29N3O4S. The molecule has 0 saturated heterocycles. The molecule has 0 unspecified atom stereocenters. The summed E-state index contributed by atoms with van der Waals surface area (Å²) < 4.78 is 33.2. The predicted molar refractivity (Wildman–Crippen MR) is 131 cm³/mol. The van der Waals surface area contributed by atoms with Crippen LogP contribution in [-0.2, 0) is 16.6 Å². The topological polar surface area (TPSA) is 87.7 Å². The molecule has 0 aliphatic carbocycles. The second-order valence-electron chi connectivity index (χ2n) is 7.48. The Morgan fingerprint density at radius 2 is 1.61 bits per heavy atom. The predicted octanol–water partition coefficient (Wildman–Crippen LogP) is 4.59. The number of carbonyl (C=O) groups is 1. The van der Waals surface area contributed by atoms with E-state index in [1.54, 1.807) is 36.4 Å². The summed E-state index contributed by atoms with van der Waals surface area (Å²) >= 11 is 0. The molecule has 3 rings (SSSR count). The Balaban J connectivity index is 1.74. The standard InChI is InChI=1S/C25H29N3O4S/c1-4-28(5-2)18-19-8-6-10-22(16-19)26-25(29)20-9-7-11-24(17-20)33(30,31)27-21-12-14-23(32-3)15-13-21/h6-17,27H,4-5,18H2,1-3H3,(H,26,29). The fraction of sp³-hybridized carbons (Fsp3) is 0.240. The fourth-order valence-corrected chi connectivity index (χ4v) is 4.44. The van der Waals surface area contributed by atoms with Crippen molar-refractivity contribution < 1.29 is 17.9 Å². The first-order valence-electron chi connectivity index (χ1n) is 10.7. The van der Waals surface area contributed by atoms with Crippen LogP contribution in [0.25, 0.3) is 0 Å². The first-order chi connectivity index (χ1) is 15.8. The lowest BCUT2D eigenvalue weighted by molar-refractivity contribution is 0.102. The Bertz CT molecular complexity index is 1190. The zero-order valence-corrected chi connectivity index (χ0v) is 19.9. The molecule has 7 nitrogen and oxygen atoms in total. The van der Waals surface area contributed by atoms with Gasteiger partial charge in [0.15, 0.2) is 0 Å². The Morgan fingerprint density at radius 3 is 2.27 bits per heavy atom. The highest BCUT2D eigenvalue weighted by Crippen LogP contribution is 2.21. The van der Waals surface area contributed by atoms with Gasteiger partial charge in [0.25, 0.3) is 15.9 Å². The van der Waals surface area contributed by atoms with E-state index in [9.17, 15) is 13.2 Å². The lowest BCUT2D eigenvalue weighted by atomic mass is 10.1. The maximum atomic E-state index is 12.8. The summed E-state index contributed by atoms with van der Waals surface area (Å²) in [6.45, 7) is 6.90. The molecule has 0 bridgehead atoms. The van der Waals surface area contributed by atoms with Crippen molar-refractivity contribution in [3.8, 4) is 5.75 Å². The Kier molecular flexibility index (Phi) is 8.08. The second kappa shape index (κ2) is 11.0. The summed E-state index contributed by atoms with van der Waals surface area (Å²) in [4.78, 5) is 15.1. The molecule has 3 aromatic carbocycles. The normalized spacial score (nSPS) is 11.3. The number of sulfonamides is 1. The maximum Gasteiger partial charge on any atom is 0.261 e. The van der Waals surface area contributed by atoms with E-state index in [-0.39, 0.29) is 16.4 Å². The Morgan fingerprint density at radius 1 is 0.909 bits per heavy atom. The molecule has 8 heteroatoms. The molecule has 0 atom stereocenters. The van der Waals surface area contributed by atoms with Gasteiger partial charge in [0.1, 0.15) is 5.75 Å². The number of ether oxygens (including phenoxy) is 1. The molecule has 0 fully saturated rings. The van der Waals surface area contributed by atoms with Crippen LogP contribution in [0.5, 0.6) is 5.75 Å². The number of amides is 1. The zero-order chi connectivity index (χ0) is 23.8. The highest BCUT2D eigenvalue weighted by atomic mass is 32.2. The highest BCUT2D eigenvalue weighted by Gasteiger charge is 2.17. The van der Waals surface area contributed by atoms with Crippen molar-refractivity contribution in [3.05, 3.63) is 83.9 Å². The molecule has 0 aromatic heterocycles. The van der Waals surface area contributed by atoms with E-state index >= 15 is 0 Å². The van der Waals surface area contributed by atoms with Crippen LogP contribution < -0.4 is 14.8 Å². The number of anilines is 2. The third kappa shape index (κ3) is 6.57. The van der Waals surface area contributed by atoms with Crippen LogP contribution in [0.3, 0.4) is 0 Å². The van der Waals surface area contributed by atoms with Crippen molar-refractivity contribution in [2.75, 3.05) is 30.2 Å². The summed E-state index contributed by atoms with van der Waals surface area (Å²) in [6.07, 6.45) is 0. The molecule has 0 saturated carbocycles. The number of nitrogens with one attached hydrogen (secondary N) is 2. The van der Waals surface area contributed by atoms with Gasteiger partial charge >= 0.3 is 0 Å². The molecule has 3 aromatic rings. The summed E-state index contributed by atoms with van der Waals surface area (Å²) in [6, 6.07) is 20.2. The number of hydrogen-bond acceptors (Lipinski definition) is 5. The number of methoxy groups -OCH3 is 1. The van der Waals surface area contributed by atoms with Gasteiger partial charge in [-0.15, -0.1) is 0 Å². The van der Waals surface area contributed by atoms with Gasteiger partial charge in [0.2, 0.25) is 0 Å². The van der Waals surface area contributed by atoms with Gasteiger partial charge in [-0.05, 0) is 73.3 Å². The van der Waals surface area contributed by atoms with Gasteiger partial charge in [-0.2, -0.15) is 0 Å². The molecule has 0 radical (unpaired) electrons. The third-order valence-electron chi connectivity index (χ3n) is 5.23. The van der Waals surface area contributed by atoms with Crippen LogP contribution in [0.1, 0.15) is 29.8 Å². The van der Waals surface area contributed by atoms with Crippen molar-refractivity contribution in [1.82, 2.24) is 4.90 Å². The summed E-state index contributed by atoms with van der Waals surface area (Å²) in [7, 11) is -2.33. The molecule has 33 heavy (non-hydrogen) atoms.